The summed E-state index contributed by atoms with van der Waals surface area (Å²) in [4.78, 5) is 24.7. The van der Waals surface area contributed by atoms with Gasteiger partial charge in [-0.2, -0.15) is 4.31 Å². The lowest BCUT2D eigenvalue weighted by molar-refractivity contribution is -0.136. The third kappa shape index (κ3) is 4.73. The molecule has 1 heterocycles. The molecule has 1 unspecified atom stereocenters. The molecule has 0 aromatic heterocycles. The molecule has 0 aliphatic carbocycles. The lowest BCUT2D eigenvalue weighted by Crippen LogP contribution is -2.42. The van der Waals surface area contributed by atoms with Gasteiger partial charge in [0.1, 0.15) is 6.61 Å². The first kappa shape index (κ1) is 16.9. The van der Waals surface area contributed by atoms with Gasteiger partial charge in [0.15, 0.2) is 0 Å². The van der Waals surface area contributed by atoms with Gasteiger partial charge in [0.25, 0.3) is 0 Å². The highest BCUT2D eigenvalue weighted by Crippen LogP contribution is 2.12. The summed E-state index contributed by atoms with van der Waals surface area (Å²) in [5.41, 5.74) is 5.27. The van der Waals surface area contributed by atoms with Crippen LogP contribution in [0.5, 0.6) is 0 Å². The van der Waals surface area contributed by atoms with Crippen LogP contribution in [0.1, 0.15) is 6.92 Å². The van der Waals surface area contributed by atoms with Crippen LogP contribution in [-0.4, -0.2) is 75.1 Å². The largest absolute Gasteiger partial charge is 0.372 e. The fraction of sp³-hybridized carbons (Fsp3) is 0.818. The zero-order valence-electron chi connectivity index (χ0n) is 11.7. The van der Waals surface area contributed by atoms with Crippen LogP contribution in [0.2, 0.25) is 0 Å². The summed E-state index contributed by atoms with van der Waals surface area (Å²) in [7, 11) is -3.43. The molecule has 0 radical (unpaired) electrons. The zero-order valence-corrected chi connectivity index (χ0v) is 12.6. The van der Waals surface area contributed by atoms with Crippen molar-refractivity contribution in [2.45, 2.75) is 6.92 Å². The minimum Gasteiger partial charge on any atom is -0.372 e. The Morgan fingerprint density at radius 1 is 1.30 bits per heavy atom. The van der Waals surface area contributed by atoms with E-state index in [0.717, 1.165) is 6.26 Å². The van der Waals surface area contributed by atoms with Crippen LogP contribution in [0.3, 0.4) is 0 Å². The third-order valence-corrected chi connectivity index (χ3v) is 4.41. The molecule has 0 spiro atoms. The summed E-state index contributed by atoms with van der Waals surface area (Å²) in [6.45, 7) is 2.60. The number of carbonyl (C=O) groups excluding carboxylic acids is 2. The van der Waals surface area contributed by atoms with Crippen molar-refractivity contribution in [1.29, 1.82) is 0 Å². The van der Waals surface area contributed by atoms with Crippen molar-refractivity contribution in [3.63, 3.8) is 0 Å². The number of sulfonamides is 1. The van der Waals surface area contributed by atoms with Crippen molar-refractivity contribution in [1.82, 2.24) is 9.21 Å². The van der Waals surface area contributed by atoms with Crippen LogP contribution in [0, 0.1) is 5.92 Å². The van der Waals surface area contributed by atoms with Gasteiger partial charge in [-0.05, 0) is 6.92 Å². The number of amides is 2. The van der Waals surface area contributed by atoms with E-state index in [4.69, 9.17) is 10.5 Å². The second kappa shape index (κ2) is 7.00. The van der Waals surface area contributed by atoms with Gasteiger partial charge in [-0.15, -0.1) is 0 Å². The molecule has 20 heavy (non-hydrogen) atoms. The molecule has 2 N–H and O–H groups in total. The molecule has 2 amide bonds. The minimum absolute atomic E-state index is 0.00653. The molecule has 0 bridgehead atoms. The Bertz CT molecular complexity index is 465. The quantitative estimate of drug-likeness (QED) is 0.646. The van der Waals surface area contributed by atoms with Crippen molar-refractivity contribution in [2.24, 2.45) is 11.7 Å². The van der Waals surface area contributed by atoms with E-state index in [2.05, 4.69) is 0 Å². The number of ether oxygens (including phenoxy) is 1. The Kier molecular flexibility index (Phi) is 5.90. The molecule has 9 heteroatoms. The second-order valence-corrected chi connectivity index (χ2v) is 6.68. The molecule has 0 saturated carbocycles. The summed E-state index contributed by atoms with van der Waals surface area (Å²) >= 11 is 0. The van der Waals surface area contributed by atoms with Gasteiger partial charge in [-0.3, -0.25) is 9.59 Å². The van der Waals surface area contributed by atoms with Crippen molar-refractivity contribution in [3.05, 3.63) is 0 Å². The number of hydrogen-bond donors (Lipinski definition) is 1. The predicted molar refractivity (Wildman–Crippen MR) is 72.2 cm³/mol. The molecule has 116 valence electrons. The van der Waals surface area contributed by atoms with Crippen LogP contribution in [0.25, 0.3) is 0 Å². The maximum Gasteiger partial charge on any atom is 0.248 e. The summed E-state index contributed by atoms with van der Waals surface area (Å²) in [5.74, 6) is -1.60. The Morgan fingerprint density at radius 2 is 1.95 bits per heavy atom. The van der Waals surface area contributed by atoms with E-state index in [9.17, 15) is 18.0 Å². The lowest BCUT2D eigenvalue weighted by atomic mass is 10.1. The highest BCUT2D eigenvalue weighted by molar-refractivity contribution is 7.88. The first-order valence-electron chi connectivity index (χ1n) is 6.35. The monoisotopic (exact) mass is 307 g/mol. The van der Waals surface area contributed by atoms with Gasteiger partial charge >= 0.3 is 0 Å². The fourth-order valence-electron chi connectivity index (χ4n) is 1.97. The molecule has 1 aliphatic rings. The molecule has 1 aliphatic heterocycles. The van der Waals surface area contributed by atoms with Crippen molar-refractivity contribution in [3.8, 4) is 0 Å². The maximum atomic E-state index is 11.9. The van der Waals surface area contributed by atoms with Gasteiger partial charge in [0.05, 0.1) is 12.2 Å². The Hall–Kier alpha value is -1.19. The smallest absolute Gasteiger partial charge is 0.248 e. The highest BCUT2D eigenvalue weighted by Gasteiger charge is 2.32. The number of carbonyl (C=O) groups is 2. The van der Waals surface area contributed by atoms with E-state index >= 15 is 0 Å². The van der Waals surface area contributed by atoms with Crippen LogP contribution in [0.4, 0.5) is 0 Å². The van der Waals surface area contributed by atoms with Gasteiger partial charge in [0, 0.05) is 32.8 Å². The zero-order chi connectivity index (χ0) is 15.3. The molecular formula is C11H21N3O5S. The summed E-state index contributed by atoms with van der Waals surface area (Å²) in [6, 6.07) is 0. The summed E-state index contributed by atoms with van der Waals surface area (Å²) < 4.78 is 29.4. The second-order valence-electron chi connectivity index (χ2n) is 4.70. The number of hydrogen-bond acceptors (Lipinski definition) is 5. The molecular weight excluding hydrogens is 286 g/mol. The molecule has 1 atom stereocenters. The maximum absolute atomic E-state index is 11.9. The minimum atomic E-state index is -3.43. The average Bonchev–Trinajstić information content (AvgIpc) is 2.58. The van der Waals surface area contributed by atoms with Crippen molar-refractivity contribution in [2.75, 3.05) is 45.6 Å². The number of rotatable bonds is 5. The molecule has 1 fully saturated rings. The van der Waals surface area contributed by atoms with Gasteiger partial charge in [0.2, 0.25) is 21.8 Å². The van der Waals surface area contributed by atoms with E-state index in [1.54, 1.807) is 6.92 Å². The van der Waals surface area contributed by atoms with E-state index in [-0.39, 0.29) is 38.7 Å². The average molecular weight is 307 g/mol. The molecule has 0 aromatic rings. The third-order valence-electron chi connectivity index (χ3n) is 3.14. The van der Waals surface area contributed by atoms with E-state index in [1.807, 2.05) is 0 Å². The van der Waals surface area contributed by atoms with Crippen LogP contribution >= 0.6 is 0 Å². The first-order chi connectivity index (χ1) is 9.25. The topological polar surface area (TPSA) is 110 Å². The van der Waals surface area contributed by atoms with Gasteiger partial charge < -0.3 is 15.4 Å². The van der Waals surface area contributed by atoms with Gasteiger partial charge in [-0.1, -0.05) is 0 Å². The first-order valence-corrected chi connectivity index (χ1v) is 8.20. The molecule has 1 saturated heterocycles. The van der Waals surface area contributed by atoms with Crippen LogP contribution < -0.4 is 5.73 Å². The Labute approximate surface area is 118 Å². The van der Waals surface area contributed by atoms with Crippen LogP contribution in [0.15, 0.2) is 0 Å². The Morgan fingerprint density at radius 3 is 2.45 bits per heavy atom. The normalized spacial score (nSPS) is 21.5. The standard InChI is InChI=1S/C11H21N3O5S/c1-3-19-8-10(15)13-4-5-14(20(2,17)18)7-9(6-13)11(12)16/h9H,3-8H2,1-2H3,(H2,12,16). The molecule has 1 rings (SSSR count). The molecule has 8 nitrogen and oxygen atoms in total. The van der Waals surface area contributed by atoms with E-state index in [1.165, 1.54) is 9.21 Å². The summed E-state index contributed by atoms with van der Waals surface area (Å²) in [6.07, 6.45) is 1.07. The summed E-state index contributed by atoms with van der Waals surface area (Å²) in [5, 5.41) is 0. The highest BCUT2D eigenvalue weighted by atomic mass is 32.2. The van der Waals surface area contributed by atoms with E-state index in [0.29, 0.717) is 6.61 Å². The number of nitrogens with two attached hydrogens (primary N) is 1. The lowest BCUT2D eigenvalue weighted by Gasteiger charge is -2.22. The van der Waals surface area contributed by atoms with E-state index < -0.39 is 21.8 Å². The number of primary amides is 1. The number of nitrogens with zero attached hydrogens (tertiary/aromatic N) is 2. The predicted octanol–water partition coefficient (Wildman–Crippen LogP) is -1.77. The fourth-order valence-corrected chi connectivity index (χ4v) is 2.84. The van der Waals surface area contributed by atoms with Crippen LogP contribution in [-0.2, 0) is 24.3 Å². The van der Waals surface area contributed by atoms with Gasteiger partial charge in [-0.25, -0.2) is 8.42 Å². The SMILES string of the molecule is CCOCC(=O)N1CCN(S(C)(=O)=O)CC(C(N)=O)C1. The Balaban J connectivity index is 2.82. The van der Waals surface area contributed by atoms with Crippen molar-refractivity contribution < 1.29 is 22.7 Å². The van der Waals surface area contributed by atoms with Crippen molar-refractivity contribution >= 4 is 21.8 Å². The molecule has 0 aromatic carbocycles.